The molecule has 3 nitrogen and oxygen atoms in total. The lowest BCUT2D eigenvalue weighted by molar-refractivity contribution is 0.104. The SMILES string of the molecule is COc1ccc(C=C2Cc3ccc(OC)cc3C2=O)cc1. The van der Waals surface area contributed by atoms with Crippen molar-refractivity contribution in [3.05, 3.63) is 64.7 Å². The average Bonchev–Trinajstić information content (AvgIpc) is 2.84. The molecule has 0 bridgehead atoms. The lowest BCUT2D eigenvalue weighted by Gasteiger charge is -2.01. The summed E-state index contributed by atoms with van der Waals surface area (Å²) < 4.78 is 10.3. The Kier molecular flexibility index (Phi) is 3.48. The Balaban J connectivity index is 1.91. The molecule has 0 unspecified atom stereocenters. The number of hydrogen-bond donors (Lipinski definition) is 0. The zero-order valence-corrected chi connectivity index (χ0v) is 12.1. The van der Waals surface area contributed by atoms with Crippen molar-refractivity contribution in [3.8, 4) is 11.5 Å². The molecule has 106 valence electrons. The number of ketones is 1. The van der Waals surface area contributed by atoms with Crippen molar-refractivity contribution in [1.29, 1.82) is 0 Å². The quantitative estimate of drug-likeness (QED) is 0.807. The number of carbonyl (C=O) groups excluding carboxylic acids is 1. The maximum atomic E-state index is 12.4. The number of fused-ring (bicyclic) bond motifs is 1. The van der Waals surface area contributed by atoms with E-state index in [0.717, 1.165) is 28.0 Å². The molecule has 0 saturated heterocycles. The van der Waals surface area contributed by atoms with E-state index >= 15 is 0 Å². The van der Waals surface area contributed by atoms with Crippen molar-refractivity contribution < 1.29 is 14.3 Å². The van der Waals surface area contributed by atoms with Crippen molar-refractivity contribution >= 4 is 11.9 Å². The van der Waals surface area contributed by atoms with Crippen LogP contribution >= 0.6 is 0 Å². The Morgan fingerprint density at radius 2 is 1.62 bits per heavy atom. The van der Waals surface area contributed by atoms with E-state index in [1.54, 1.807) is 14.2 Å². The van der Waals surface area contributed by atoms with Gasteiger partial charge in [0.15, 0.2) is 5.78 Å². The van der Waals surface area contributed by atoms with Crippen LogP contribution in [0.4, 0.5) is 0 Å². The molecule has 0 fully saturated rings. The first-order valence-electron chi connectivity index (χ1n) is 6.77. The van der Waals surface area contributed by atoms with Crippen LogP contribution < -0.4 is 9.47 Å². The van der Waals surface area contributed by atoms with Gasteiger partial charge in [-0.3, -0.25) is 4.79 Å². The fraction of sp³-hybridized carbons (Fsp3) is 0.167. The van der Waals surface area contributed by atoms with Gasteiger partial charge < -0.3 is 9.47 Å². The van der Waals surface area contributed by atoms with Crippen LogP contribution in [0.3, 0.4) is 0 Å². The first-order valence-corrected chi connectivity index (χ1v) is 6.77. The summed E-state index contributed by atoms with van der Waals surface area (Å²) in [6, 6.07) is 13.3. The van der Waals surface area contributed by atoms with Crippen molar-refractivity contribution in [2.75, 3.05) is 14.2 Å². The fourth-order valence-electron chi connectivity index (χ4n) is 2.52. The van der Waals surface area contributed by atoms with Crippen molar-refractivity contribution in [3.63, 3.8) is 0 Å². The van der Waals surface area contributed by atoms with Gasteiger partial charge in [0.2, 0.25) is 0 Å². The number of carbonyl (C=O) groups is 1. The van der Waals surface area contributed by atoms with E-state index in [2.05, 4.69) is 0 Å². The molecule has 3 rings (SSSR count). The zero-order chi connectivity index (χ0) is 14.8. The second kappa shape index (κ2) is 5.44. The summed E-state index contributed by atoms with van der Waals surface area (Å²) in [6.45, 7) is 0. The van der Waals surface area contributed by atoms with E-state index in [1.807, 2.05) is 48.5 Å². The largest absolute Gasteiger partial charge is 0.497 e. The Hall–Kier alpha value is -2.55. The molecule has 0 aliphatic heterocycles. The fourth-order valence-corrected chi connectivity index (χ4v) is 2.52. The first-order chi connectivity index (χ1) is 10.2. The number of Topliss-reactive ketones (excluding diaryl/α,β-unsaturated/α-hetero) is 1. The molecular weight excluding hydrogens is 264 g/mol. The van der Waals surface area contributed by atoms with Crippen LogP contribution in [-0.4, -0.2) is 20.0 Å². The van der Waals surface area contributed by atoms with Crippen LogP contribution in [0.2, 0.25) is 0 Å². The first kappa shape index (κ1) is 13.4. The molecule has 3 heteroatoms. The highest BCUT2D eigenvalue weighted by Gasteiger charge is 2.25. The van der Waals surface area contributed by atoms with Gasteiger partial charge in [0.25, 0.3) is 0 Å². The minimum atomic E-state index is 0.0831. The Morgan fingerprint density at radius 3 is 2.29 bits per heavy atom. The Morgan fingerprint density at radius 1 is 0.952 bits per heavy atom. The van der Waals surface area contributed by atoms with Gasteiger partial charge in [-0.05, 0) is 41.5 Å². The molecule has 1 aliphatic carbocycles. The Labute approximate surface area is 123 Å². The summed E-state index contributed by atoms with van der Waals surface area (Å²) in [5.41, 5.74) is 3.61. The van der Waals surface area contributed by atoms with Gasteiger partial charge in [0.1, 0.15) is 11.5 Å². The van der Waals surface area contributed by atoms with E-state index in [0.29, 0.717) is 12.2 Å². The summed E-state index contributed by atoms with van der Waals surface area (Å²) in [6.07, 6.45) is 2.61. The summed E-state index contributed by atoms with van der Waals surface area (Å²) in [5, 5.41) is 0. The monoisotopic (exact) mass is 280 g/mol. The van der Waals surface area contributed by atoms with Gasteiger partial charge >= 0.3 is 0 Å². The molecule has 21 heavy (non-hydrogen) atoms. The molecule has 0 amide bonds. The van der Waals surface area contributed by atoms with E-state index in [1.165, 1.54) is 0 Å². The molecular formula is C18H16O3. The van der Waals surface area contributed by atoms with Gasteiger partial charge in [-0.2, -0.15) is 0 Å². The molecule has 0 N–H and O–H groups in total. The van der Waals surface area contributed by atoms with E-state index < -0.39 is 0 Å². The van der Waals surface area contributed by atoms with Crippen LogP contribution in [0.15, 0.2) is 48.0 Å². The number of allylic oxidation sites excluding steroid dienone is 1. The highest BCUT2D eigenvalue weighted by Crippen LogP contribution is 2.30. The van der Waals surface area contributed by atoms with Gasteiger partial charge in [-0.15, -0.1) is 0 Å². The molecule has 0 saturated carbocycles. The van der Waals surface area contributed by atoms with Crippen molar-refractivity contribution in [2.24, 2.45) is 0 Å². The topological polar surface area (TPSA) is 35.5 Å². The molecule has 2 aromatic carbocycles. The van der Waals surface area contributed by atoms with Crippen LogP contribution in [0.1, 0.15) is 21.5 Å². The molecule has 0 atom stereocenters. The van der Waals surface area contributed by atoms with E-state index in [9.17, 15) is 4.79 Å². The average molecular weight is 280 g/mol. The minimum absolute atomic E-state index is 0.0831. The number of benzene rings is 2. The number of rotatable bonds is 3. The zero-order valence-electron chi connectivity index (χ0n) is 12.1. The molecule has 2 aromatic rings. The van der Waals surface area contributed by atoms with Gasteiger partial charge in [-0.1, -0.05) is 18.2 Å². The van der Waals surface area contributed by atoms with Crippen LogP contribution in [0, 0.1) is 0 Å². The van der Waals surface area contributed by atoms with E-state index in [4.69, 9.17) is 9.47 Å². The predicted molar refractivity (Wildman–Crippen MR) is 82.0 cm³/mol. The number of hydrogen-bond acceptors (Lipinski definition) is 3. The highest BCUT2D eigenvalue weighted by molar-refractivity contribution is 6.15. The van der Waals surface area contributed by atoms with Crippen molar-refractivity contribution in [2.45, 2.75) is 6.42 Å². The second-order valence-corrected chi connectivity index (χ2v) is 4.97. The summed E-state index contributed by atoms with van der Waals surface area (Å²) in [4.78, 5) is 12.4. The van der Waals surface area contributed by atoms with Crippen LogP contribution in [-0.2, 0) is 6.42 Å². The maximum Gasteiger partial charge on any atom is 0.189 e. The van der Waals surface area contributed by atoms with Crippen molar-refractivity contribution in [1.82, 2.24) is 0 Å². The summed E-state index contributed by atoms with van der Waals surface area (Å²) >= 11 is 0. The third kappa shape index (κ3) is 2.55. The smallest absolute Gasteiger partial charge is 0.189 e. The van der Waals surface area contributed by atoms with Gasteiger partial charge in [-0.25, -0.2) is 0 Å². The standard InChI is InChI=1S/C18H16O3/c1-20-15-6-3-12(4-7-15)9-14-10-13-5-8-16(21-2)11-17(13)18(14)19/h3-9,11H,10H2,1-2H3. The van der Waals surface area contributed by atoms with Gasteiger partial charge in [0, 0.05) is 17.6 Å². The van der Waals surface area contributed by atoms with Gasteiger partial charge in [0.05, 0.1) is 14.2 Å². The molecule has 0 radical (unpaired) electrons. The highest BCUT2D eigenvalue weighted by atomic mass is 16.5. The lowest BCUT2D eigenvalue weighted by atomic mass is 10.1. The van der Waals surface area contributed by atoms with E-state index in [-0.39, 0.29) is 5.78 Å². The Bertz CT molecular complexity index is 712. The third-order valence-electron chi connectivity index (χ3n) is 3.69. The maximum absolute atomic E-state index is 12.4. The summed E-state index contributed by atoms with van der Waals surface area (Å²) in [7, 11) is 3.24. The molecule has 0 spiro atoms. The van der Waals surface area contributed by atoms with Crippen LogP contribution in [0.25, 0.3) is 6.08 Å². The predicted octanol–water partition coefficient (Wildman–Crippen LogP) is 3.53. The lowest BCUT2D eigenvalue weighted by Crippen LogP contribution is -1.96. The number of ether oxygens (including phenoxy) is 2. The molecule has 1 aliphatic rings. The molecule has 0 aromatic heterocycles. The minimum Gasteiger partial charge on any atom is -0.497 e. The second-order valence-electron chi connectivity index (χ2n) is 4.97. The third-order valence-corrected chi connectivity index (χ3v) is 3.69. The number of methoxy groups -OCH3 is 2. The van der Waals surface area contributed by atoms with Crippen LogP contribution in [0.5, 0.6) is 11.5 Å². The normalized spacial score (nSPS) is 15.1. The summed E-state index contributed by atoms with van der Waals surface area (Å²) in [5.74, 6) is 1.61. The molecule has 0 heterocycles.